The van der Waals surface area contributed by atoms with Gasteiger partial charge in [0.1, 0.15) is 5.75 Å². The van der Waals surface area contributed by atoms with Gasteiger partial charge in [0.25, 0.3) is 11.8 Å². The summed E-state index contributed by atoms with van der Waals surface area (Å²) in [5.41, 5.74) is 1.21. The number of amides is 2. The molecule has 31 heavy (non-hydrogen) atoms. The molecule has 3 rings (SSSR count). The van der Waals surface area contributed by atoms with E-state index in [0.29, 0.717) is 36.8 Å². The molecule has 0 bridgehead atoms. The van der Waals surface area contributed by atoms with Crippen molar-refractivity contribution in [1.82, 2.24) is 9.80 Å². The van der Waals surface area contributed by atoms with Crippen LogP contribution >= 0.6 is 11.3 Å². The highest BCUT2D eigenvalue weighted by molar-refractivity contribution is 7.12. The van der Waals surface area contributed by atoms with Crippen molar-refractivity contribution in [2.24, 2.45) is 0 Å². The highest BCUT2D eigenvalue weighted by Gasteiger charge is 2.25. The average molecular weight is 445 g/mol. The molecule has 1 aromatic heterocycles. The zero-order valence-electron chi connectivity index (χ0n) is 18.1. The van der Waals surface area contributed by atoms with Crippen LogP contribution in [-0.4, -0.2) is 67.0 Å². The van der Waals surface area contributed by atoms with E-state index in [2.05, 4.69) is 20.8 Å². The Labute approximate surface area is 186 Å². The minimum Gasteiger partial charge on any atom is -0.482 e. The van der Waals surface area contributed by atoms with E-state index in [1.165, 1.54) is 16.9 Å². The van der Waals surface area contributed by atoms with E-state index in [1.807, 2.05) is 35.7 Å². The van der Waals surface area contributed by atoms with Gasteiger partial charge in [0.15, 0.2) is 13.2 Å². The normalized spacial score (nSPS) is 14.3. The van der Waals surface area contributed by atoms with Gasteiger partial charge in [-0.15, -0.1) is 11.3 Å². The van der Waals surface area contributed by atoms with Gasteiger partial charge in [0.2, 0.25) is 0 Å². The number of ether oxygens (including phenoxy) is 2. The summed E-state index contributed by atoms with van der Waals surface area (Å²) in [6.07, 6.45) is 0. The predicted molar refractivity (Wildman–Crippen MR) is 118 cm³/mol. The average Bonchev–Trinajstić information content (AvgIpc) is 3.30. The Balaban J connectivity index is 1.37. The quantitative estimate of drug-likeness (QED) is 0.641. The molecule has 1 saturated heterocycles. The van der Waals surface area contributed by atoms with Gasteiger partial charge in [-0.25, -0.2) is 4.79 Å². The first-order valence-electron chi connectivity index (χ1n) is 10.2. The van der Waals surface area contributed by atoms with Crippen LogP contribution in [0, 0.1) is 0 Å². The van der Waals surface area contributed by atoms with Crippen LogP contribution in [0.5, 0.6) is 5.75 Å². The Hall–Kier alpha value is -2.87. The number of benzene rings is 1. The van der Waals surface area contributed by atoms with Crippen molar-refractivity contribution in [3.8, 4) is 5.75 Å². The molecular formula is C23H28N2O5S. The van der Waals surface area contributed by atoms with Crippen molar-refractivity contribution in [3.63, 3.8) is 0 Å². The zero-order chi connectivity index (χ0) is 22.4. The number of esters is 1. The van der Waals surface area contributed by atoms with Crippen LogP contribution in [0.3, 0.4) is 0 Å². The molecule has 1 aliphatic rings. The highest BCUT2D eigenvalue weighted by atomic mass is 32.1. The molecular weight excluding hydrogens is 416 g/mol. The van der Waals surface area contributed by atoms with Crippen molar-refractivity contribution in [1.29, 1.82) is 0 Å². The van der Waals surface area contributed by atoms with Gasteiger partial charge >= 0.3 is 5.97 Å². The van der Waals surface area contributed by atoms with Crippen molar-refractivity contribution in [2.75, 3.05) is 39.4 Å². The predicted octanol–water partition coefficient (Wildman–Crippen LogP) is 2.95. The number of nitrogens with zero attached hydrogens (tertiary/aromatic N) is 2. The van der Waals surface area contributed by atoms with Crippen LogP contribution in [-0.2, 0) is 19.7 Å². The summed E-state index contributed by atoms with van der Waals surface area (Å²) in [7, 11) is 0. The van der Waals surface area contributed by atoms with Gasteiger partial charge in [-0.1, -0.05) is 39.0 Å². The van der Waals surface area contributed by atoms with Crippen LogP contribution in [0.15, 0.2) is 41.8 Å². The van der Waals surface area contributed by atoms with Crippen LogP contribution in [0.1, 0.15) is 36.0 Å². The third kappa shape index (κ3) is 6.30. The molecule has 0 atom stereocenters. The summed E-state index contributed by atoms with van der Waals surface area (Å²) in [6, 6.07) is 11.2. The lowest BCUT2D eigenvalue weighted by Crippen LogP contribution is -2.51. The van der Waals surface area contributed by atoms with Gasteiger partial charge in [-0.2, -0.15) is 0 Å². The van der Waals surface area contributed by atoms with Gasteiger partial charge in [-0.3, -0.25) is 9.59 Å². The summed E-state index contributed by atoms with van der Waals surface area (Å²) in [5.74, 6) is -0.310. The maximum atomic E-state index is 12.4. The topological polar surface area (TPSA) is 76.2 Å². The lowest BCUT2D eigenvalue weighted by atomic mass is 9.87. The molecule has 0 saturated carbocycles. The Kier molecular flexibility index (Phi) is 7.33. The van der Waals surface area contributed by atoms with E-state index in [-0.39, 0.29) is 30.4 Å². The first kappa shape index (κ1) is 22.8. The standard InChI is InChI=1S/C23H28N2O5S/c1-23(2,3)17-6-8-18(9-7-17)29-16-21(27)30-15-20(26)24-10-12-25(13-11-24)22(28)19-5-4-14-31-19/h4-9,14H,10-13,15-16H2,1-3H3. The number of carbonyl (C=O) groups is 3. The molecule has 0 aliphatic carbocycles. The smallest absolute Gasteiger partial charge is 0.344 e. The molecule has 2 aromatic rings. The first-order valence-corrected chi connectivity index (χ1v) is 11.1. The maximum Gasteiger partial charge on any atom is 0.344 e. The molecule has 1 fully saturated rings. The van der Waals surface area contributed by atoms with Crippen LogP contribution in [0.2, 0.25) is 0 Å². The van der Waals surface area contributed by atoms with Crippen molar-refractivity contribution < 1.29 is 23.9 Å². The molecule has 166 valence electrons. The largest absolute Gasteiger partial charge is 0.482 e. The molecule has 0 spiro atoms. The Morgan fingerprint density at radius 3 is 2.16 bits per heavy atom. The van der Waals surface area contributed by atoms with E-state index < -0.39 is 5.97 Å². The Bertz CT molecular complexity index is 895. The minimum absolute atomic E-state index is 0.0128. The number of carbonyl (C=O) groups excluding carboxylic acids is 3. The van der Waals surface area contributed by atoms with Gasteiger partial charge in [0.05, 0.1) is 4.88 Å². The molecule has 1 aromatic carbocycles. The Morgan fingerprint density at radius 2 is 1.58 bits per heavy atom. The number of rotatable bonds is 6. The van der Waals surface area contributed by atoms with Crippen LogP contribution < -0.4 is 4.74 Å². The van der Waals surface area contributed by atoms with Gasteiger partial charge in [0, 0.05) is 26.2 Å². The summed E-state index contributed by atoms with van der Waals surface area (Å²) in [5, 5.41) is 1.87. The summed E-state index contributed by atoms with van der Waals surface area (Å²) >= 11 is 1.41. The third-order valence-corrected chi connectivity index (χ3v) is 5.94. The Morgan fingerprint density at radius 1 is 0.935 bits per heavy atom. The van der Waals surface area contributed by atoms with E-state index in [9.17, 15) is 14.4 Å². The van der Waals surface area contributed by atoms with Gasteiger partial charge in [-0.05, 0) is 34.6 Å². The van der Waals surface area contributed by atoms with Crippen molar-refractivity contribution in [3.05, 3.63) is 52.2 Å². The number of hydrogen-bond donors (Lipinski definition) is 0. The summed E-state index contributed by atoms with van der Waals surface area (Å²) in [4.78, 5) is 40.7. The third-order valence-electron chi connectivity index (χ3n) is 5.09. The monoisotopic (exact) mass is 444 g/mol. The zero-order valence-corrected chi connectivity index (χ0v) is 18.9. The number of piperazine rings is 1. The molecule has 0 radical (unpaired) electrons. The lowest BCUT2D eigenvalue weighted by Gasteiger charge is -2.34. The molecule has 0 N–H and O–H groups in total. The van der Waals surface area contributed by atoms with E-state index in [4.69, 9.17) is 9.47 Å². The fourth-order valence-corrected chi connectivity index (χ4v) is 3.87. The second-order valence-corrected chi connectivity index (χ2v) is 9.32. The van der Waals surface area contributed by atoms with Gasteiger partial charge < -0.3 is 19.3 Å². The molecule has 2 amide bonds. The lowest BCUT2D eigenvalue weighted by molar-refractivity contribution is -0.154. The number of thiophene rings is 1. The SMILES string of the molecule is CC(C)(C)c1ccc(OCC(=O)OCC(=O)N2CCN(C(=O)c3cccs3)CC2)cc1. The molecule has 2 heterocycles. The molecule has 0 unspecified atom stereocenters. The van der Waals surface area contributed by atoms with E-state index in [0.717, 1.165) is 0 Å². The van der Waals surface area contributed by atoms with Crippen molar-refractivity contribution in [2.45, 2.75) is 26.2 Å². The minimum atomic E-state index is -0.597. The second kappa shape index (κ2) is 9.96. The number of hydrogen-bond acceptors (Lipinski definition) is 6. The summed E-state index contributed by atoms with van der Waals surface area (Å²) < 4.78 is 10.5. The molecule has 1 aliphatic heterocycles. The maximum absolute atomic E-state index is 12.4. The van der Waals surface area contributed by atoms with E-state index >= 15 is 0 Å². The molecule has 8 heteroatoms. The first-order chi connectivity index (χ1) is 14.7. The van der Waals surface area contributed by atoms with E-state index in [1.54, 1.807) is 15.9 Å². The molecule has 7 nitrogen and oxygen atoms in total. The fraction of sp³-hybridized carbons (Fsp3) is 0.435. The summed E-state index contributed by atoms with van der Waals surface area (Å²) in [6.45, 7) is 7.55. The van der Waals surface area contributed by atoms with Crippen molar-refractivity contribution >= 4 is 29.1 Å². The fourth-order valence-electron chi connectivity index (χ4n) is 3.18. The highest BCUT2D eigenvalue weighted by Crippen LogP contribution is 2.24. The van der Waals surface area contributed by atoms with Crippen LogP contribution in [0.25, 0.3) is 0 Å². The van der Waals surface area contributed by atoms with Crippen LogP contribution in [0.4, 0.5) is 0 Å². The second-order valence-electron chi connectivity index (χ2n) is 8.37.